The minimum atomic E-state index is -0.643. The number of likely N-dealkylation sites (tertiary alicyclic amines) is 2. The van der Waals surface area contributed by atoms with E-state index in [0.717, 1.165) is 145 Å². The van der Waals surface area contributed by atoms with E-state index in [0.29, 0.717) is 75.3 Å². The SMILES string of the molecule is C[C@@H]1C[C@@H](O)c2ncnc(N3CCN(C(=O)[C@@H](CCN4CCC(CN5CCN(C(=O)[C@H](NC(=O)c6cccc(C7CCCN(C(=O)CN(C(=O)OC(C)(C)C)C8CC8)C7)c6)C6CCCCC6)CC5)CC4)c4ccc(Cl)cc4)CC3)c21. The first kappa shape index (κ1) is 57.9. The molecule has 5 amide bonds. The molecule has 0 spiro atoms. The summed E-state index contributed by atoms with van der Waals surface area (Å²) in [6.07, 6.45) is 12.7. The van der Waals surface area contributed by atoms with Gasteiger partial charge in [-0.25, -0.2) is 14.8 Å². The van der Waals surface area contributed by atoms with E-state index in [9.17, 15) is 29.1 Å². The highest BCUT2D eigenvalue weighted by molar-refractivity contribution is 6.30. The minimum absolute atomic E-state index is 0.00367. The van der Waals surface area contributed by atoms with Crippen molar-refractivity contribution in [3.8, 4) is 0 Å². The molecule has 2 aromatic carbocycles. The number of amides is 5. The number of piperazine rings is 2. The number of piperidine rings is 2. The summed E-state index contributed by atoms with van der Waals surface area (Å²) < 4.78 is 5.65. The molecule has 2 saturated carbocycles. The highest BCUT2D eigenvalue weighted by Crippen LogP contribution is 2.43. The predicted octanol–water partition coefficient (Wildman–Crippen LogP) is 7.83. The summed E-state index contributed by atoms with van der Waals surface area (Å²) in [4.78, 5) is 93.8. The van der Waals surface area contributed by atoms with Gasteiger partial charge >= 0.3 is 6.09 Å². The van der Waals surface area contributed by atoms with Crippen molar-refractivity contribution < 1.29 is 33.8 Å². The number of ether oxygens (including phenoxy) is 1. The molecule has 6 fully saturated rings. The molecule has 1 aromatic heterocycles. The van der Waals surface area contributed by atoms with E-state index in [1.54, 1.807) is 11.2 Å². The number of benzene rings is 2. The Hall–Kier alpha value is -5.36. The largest absolute Gasteiger partial charge is 0.444 e. The molecule has 80 heavy (non-hydrogen) atoms. The monoisotopic (exact) mass is 1120 g/mol. The summed E-state index contributed by atoms with van der Waals surface area (Å²) in [6, 6.07) is 15.0. The average Bonchev–Trinajstić information content (AvgIpc) is 4.29. The van der Waals surface area contributed by atoms with Gasteiger partial charge in [-0.1, -0.05) is 62.1 Å². The number of aliphatic hydroxyl groups excluding tert-OH is 1. The third-order valence-electron chi connectivity index (χ3n) is 18.4. The standard InChI is InChI=1S/C62H87ClN10O7/c1-42-36-52(74)56-54(42)57(65-41-64-56)69-32-34-70(35-33-69)59(77)51(44-15-17-49(63)18-16-44)23-27-67-25-21-43(22-26-67)38-68-28-30-71(31-29-68)60(78)55(45-10-6-5-7-11-45)66-58(76)47-13-8-12-46(37-47)48-14-9-24-72(39-48)53(75)40-73(50-19-20-50)61(79)80-62(2,3)4/h8,12-13,15-18,37,41-43,45,48,50-52,55,74H,5-7,9-11,14,19-36,38-40H2,1-4H3,(H,66,76)/t42-,48?,51+,52-,55-/m1/s1. The highest BCUT2D eigenvalue weighted by Gasteiger charge is 2.40. The number of aromatic nitrogens is 2. The zero-order chi connectivity index (χ0) is 56.1. The smallest absolute Gasteiger partial charge is 0.411 e. The van der Waals surface area contributed by atoms with E-state index in [4.69, 9.17) is 16.3 Å². The highest BCUT2D eigenvalue weighted by atomic mass is 35.5. The molecule has 0 radical (unpaired) electrons. The lowest BCUT2D eigenvalue weighted by Crippen LogP contribution is -2.57. The van der Waals surface area contributed by atoms with Crippen molar-refractivity contribution in [1.82, 2.24) is 44.7 Å². The van der Waals surface area contributed by atoms with Crippen LogP contribution in [0.2, 0.25) is 5.02 Å². The molecule has 17 nitrogen and oxygen atoms in total. The summed E-state index contributed by atoms with van der Waals surface area (Å²) in [5, 5.41) is 14.5. The Labute approximate surface area is 479 Å². The molecule has 3 aromatic rings. The topological polar surface area (TPSA) is 175 Å². The van der Waals surface area contributed by atoms with Crippen LogP contribution in [0.1, 0.15) is 168 Å². The van der Waals surface area contributed by atoms with Crippen LogP contribution in [0.15, 0.2) is 54.9 Å². The Kier molecular flexibility index (Phi) is 18.7. The Morgan fingerprint density at radius 1 is 0.775 bits per heavy atom. The number of nitrogens with one attached hydrogen (secondary N) is 1. The van der Waals surface area contributed by atoms with Gasteiger partial charge in [0.05, 0.1) is 17.7 Å². The van der Waals surface area contributed by atoms with Crippen LogP contribution in [-0.2, 0) is 19.1 Å². The molecule has 18 heteroatoms. The molecule has 3 aliphatic carbocycles. The molecule has 5 atom stereocenters. The van der Waals surface area contributed by atoms with Gasteiger partial charge in [-0.2, -0.15) is 0 Å². The number of halogens is 1. The number of carbonyl (C=O) groups is 5. The average molecular weight is 1120 g/mol. The predicted molar refractivity (Wildman–Crippen MR) is 309 cm³/mol. The first-order chi connectivity index (χ1) is 38.5. The first-order valence-electron chi connectivity index (χ1n) is 30.3. The Morgan fingerprint density at radius 3 is 2.17 bits per heavy atom. The van der Waals surface area contributed by atoms with Crippen molar-refractivity contribution in [1.29, 1.82) is 0 Å². The summed E-state index contributed by atoms with van der Waals surface area (Å²) >= 11 is 6.33. The lowest BCUT2D eigenvalue weighted by Gasteiger charge is -2.41. The van der Waals surface area contributed by atoms with E-state index in [1.807, 2.05) is 84.0 Å². The van der Waals surface area contributed by atoms with Crippen LogP contribution >= 0.6 is 11.6 Å². The number of carbonyl (C=O) groups excluding carboxylic acids is 5. The van der Waals surface area contributed by atoms with Crippen molar-refractivity contribution in [3.05, 3.63) is 87.8 Å². The maximum atomic E-state index is 14.6. The number of aliphatic hydroxyl groups is 1. The fourth-order valence-corrected chi connectivity index (χ4v) is 13.8. The molecule has 4 saturated heterocycles. The Bertz CT molecular complexity index is 2640. The van der Waals surface area contributed by atoms with Gasteiger partial charge in [-0.05, 0) is 158 Å². The van der Waals surface area contributed by atoms with E-state index >= 15 is 0 Å². The molecule has 0 bridgehead atoms. The van der Waals surface area contributed by atoms with Gasteiger partial charge in [-0.15, -0.1) is 0 Å². The number of anilines is 1. The van der Waals surface area contributed by atoms with Crippen LogP contribution in [0.5, 0.6) is 0 Å². The molecule has 10 rings (SSSR count). The van der Waals surface area contributed by atoms with Gasteiger partial charge in [0.15, 0.2) is 0 Å². The summed E-state index contributed by atoms with van der Waals surface area (Å²) in [7, 11) is 0. The lowest BCUT2D eigenvalue weighted by molar-refractivity contribution is -0.137. The van der Waals surface area contributed by atoms with E-state index in [-0.39, 0.29) is 59.9 Å². The van der Waals surface area contributed by atoms with Gasteiger partial charge in [-0.3, -0.25) is 29.0 Å². The van der Waals surface area contributed by atoms with Crippen LogP contribution < -0.4 is 10.2 Å². The zero-order valence-electron chi connectivity index (χ0n) is 47.9. The summed E-state index contributed by atoms with van der Waals surface area (Å²) in [6.45, 7) is 18.1. The summed E-state index contributed by atoms with van der Waals surface area (Å²) in [5.74, 6) is 1.37. The number of hydrogen-bond donors (Lipinski definition) is 2. The van der Waals surface area contributed by atoms with Gasteiger partial charge in [0.2, 0.25) is 17.7 Å². The minimum Gasteiger partial charge on any atom is -0.444 e. The van der Waals surface area contributed by atoms with Gasteiger partial charge < -0.3 is 39.7 Å². The molecule has 7 aliphatic rings. The molecule has 1 unspecified atom stereocenters. The molecule has 434 valence electrons. The molecular weight excluding hydrogens is 1030 g/mol. The van der Waals surface area contributed by atoms with Crippen LogP contribution in [0.3, 0.4) is 0 Å². The zero-order valence-corrected chi connectivity index (χ0v) is 48.7. The molecule has 4 aliphatic heterocycles. The second-order valence-electron chi connectivity index (χ2n) is 25.3. The van der Waals surface area contributed by atoms with Crippen LogP contribution in [-0.4, -0.2) is 190 Å². The van der Waals surface area contributed by atoms with Gasteiger partial charge in [0.1, 0.15) is 30.3 Å². The quantitative estimate of drug-likeness (QED) is 0.143. The summed E-state index contributed by atoms with van der Waals surface area (Å²) in [5.41, 5.74) is 3.66. The van der Waals surface area contributed by atoms with Crippen LogP contribution in [0.4, 0.5) is 10.6 Å². The third-order valence-corrected chi connectivity index (χ3v) is 18.6. The van der Waals surface area contributed by atoms with Gasteiger partial charge in [0.25, 0.3) is 5.91 Å². The van der Waals surface area contributed by atoms with E-state index in [2.05, 4.69) is 36.9 Å². The maximum absolute atomic E-state index is 14.6. The third kappa shape index (κ3) is 14.3. The first-order valence-corrected chi connectivity index (χ1v) is 30.7. The maximum Gasteiger partial charge on any atom is 0.411 e. The number of rotatable bonds is 16. The fourth-order valence-electron chi connectivity index (χ4n) is 13.6. The fraction of sp³-hybridized carbons (Fsp3) is 0.661. The van der Waals surface area contributed by atoms with Crippen molar-refractivity contribution >= 4 is 47.1 Å². The second-order valence-corrected chi connectivity index (χ2v) is 25.7. The number of fused-ring (bicyclic) bond motifs is 1. The molecule has 2 N–H and O–H groups in total. The normalized spacial score (nSPS) is 23.6. The Balaban J connectivity index is 0.686. The second kappa shape index (κ2) is 25.8. The molecular formula is C62H87ClN10O7. The number of nitrogens with zero attached hydrogens (tertiary/aromatic N) is 9. The van der Waals surface area contributed by atoms with Crippen molar-refractivity contribution in [2.75, 3.05) is 103 Å². The van der Waals surface area contributed by atoms with Crippen molar-refractivity contribution in [2.45, 2.75) is 153 Å². The van der Waals surface area contributed by atoms with E-state index < -0.39 is 23.8 Å². The van der Waals surface area contributed by atoms with Gasteiger partial charge in [0, 0.05) is 100 Å². The van der Waals surface area contributed by atoms with Crippen molar-refractivity contribution in [2.24, 2.45) is 11.8 Å². The Morgan fingerprint density at radius 2 is 1.48 bits per heavy atom. The molecule has 5 heterocycles. The lowest BCUT2D eigenvalue weighted by atomic mass is 9.83. The van der Waals surface area contributed by atoms with Crippen LogP contribution in [0, 0.1) is 11.8 Å². The van der Waals surface area contributed by atoms with Crippen LogP contribution in [0.25, 0.3) is 0 Å². The number of hydrogen-bond acceptors (Lipinski definition) is 12. The van der Waals surface area contributed by atoms with E-state index in [1.165, 1.54) is 0 Å². The van der Waals surface area contributed by atoms with Crippen molar-refractivity contribution in [3.63, 3.8) is 0 Å².